The summed E-state index contributed by atoms with van der Waals surface area (Å²) in [5, 5.41) is 21.1. The molecule has 0 aliphatic rings. The summed E-state index contributed by atoms with van der Waals surface area (Å²) in [6.07, 6.45) is 2.40. The zero-order chi connectivity index (χ0) is 21.1. The summed E-state index contributed by atoms with van der Waals surface area (Å²) in [6, 6.07) is 4.13. The van der Waals surface area contributed by atoms with E-state index < -0.39 is 22.0 Å². The predicted octanol–water partition coefficient (Wildman–Crippen LogP) is 3.40. The van der Waals surface area contributed by atoms with Gasteiger partial charge in [0, 0.05) is 35.3 Å². The highest BCUT2D eigenvalue weighted by molar-refractivity contribution is 7.90. The number of ether oxygens (including phenoxy) is 1. The van der Waals surface area contributed by atoms with E-state index in [4.69, 9.17) is 21.4 Å². The largest absolute Gasteiger partial charge is 0.493 e. The number of rotatable bonds is 6. The van der Waals surface area contributed by atoms with Gasteiger partial charge in [0.2, 0.25) is 0 Å². The molecule has 1 atom stereocenters. The number of carbonyl (C=O) groups is 1. The Balaban J connectivity index is 2.87. The van der Waals surface area contributed by atoms with Gasteiger partial charge in [0.1, 0.15) is 11.8 Å². The average Bonchev–Trinajstić information content (AvgIpc) is 2.61. The summed E-state index contributed by atoms with van der Waals surface area (Å²) >= 11 is 6.28. The second-order valence-corrected chi connectivity index (χ2v) is 8.35. The van der Waals surface area contributed by atoms with Gasteiger partial charge in [-0.05, 0) is 26.0 Å². The first-order valence-corrected chi connectivity index (χ1v) is 10.4. The van der Waals surface area contributed by atoms with Gasteiger partial charge in [-0.3, -0.25) is 4.98 Å². The normalized spacial score (nSPS) is 12.1. The van der Waals surface area contributed by atoms with Crippen molar-refractivity contribution in [2.24, 2.45) is 0 Å². The van der Waals surface area contributed by atoms with Gasteiger partial charge in [-0.2, -0.15) is 5.26 Å². The molecule has 1 heterocycles. The van der Waals surface area contributed by atoms with Crippen molar-refractivity contribution in [1.82, 2.24) is 10.3 Å². The first kappa shape index (κ1) is 21.5. The lowest BCUT2D eigenvalue weighted by molar-refractivity contribution is 0.190. The molecule has 0 radical (unpaired) electrons. The Kier molecular flexibility index (Phi) is 6.48. The molecular formula is C18H18ClN3O5S. The van der Waals surface area contributed by atoms with E-state index in [0.717, 1.165) is 6.26 Å². The molecule has 1 aromatic heterocycles. The van der Waals surface area contributed by atoms with E-state index >= 15 is 0 Å². The summed E-state index contributed by atoms with van der Waals surface area (Å²) in [5.41, 5.74) is 1.05. The zero-order valence-electron chi connectivity index (χ0n) is 15.4. The topological polar surface area (TPSA) is 129 Å². The molecule has 1 unspecified atom stereocenters. The maximum atomic E-state index is 11.9. The number of amides is 1. The molecule has 8 nitrogen and oxygen atoms in total. The van der Waals surface area contributed by atoms with Crippen molar-refractivity contribution in [3.05, 3.63) is 40.7 Å². The summed E-state index contributed by atoms with van der Waals surface area (Å²) in [7, 11) is -3.54. The number of sulfone groups is 1. The van der Waals surface area contributed by atoms with Gasteiger partial charge < -0.3 is 15.2 Å². The van der Waals surface area contributed by atoms with Crippen LogP contribution in [0, 0.1) is 11.3 Å². The Bertz CT molecular complexity index is 1060. The minimum absolute atomic E-state index is 0.0328. The van der Waals surface area contributed by atoms with Crippen molar-refractivity contribution >= 4 is 27.5 Å². The van der Waals surface area contributed by atoms with E-state index in [1.807, 2.05) is 6.07 Å². The van der Waals surface area contributed by atoms with Crippen molar-refractivity contribution in [1.29, 1.82) is 5.26 Å². The standard InChI is InChI=1S/C18H18ClN3O5S/c1-4-27-17-13(10(2)22-18(23)24)6-15(19)14(7-20)16(17)11-5-12(9-21-8-11)28(3,25)26/h5-6,8-10,22H,4H2,1-3H3,(H,23,24). The van der Waals surface area contributed by atoms with Crippen LogP contribution in [0.15, 0.2) is 29.4 Å². The van der Waals surface area contributed by atoms with E-state index in [1.165, 1.54) is 24.5 Å². The number of nitrogens with zero attached hydrogens (tertiary/aromatic N) is 2. The third-order valence-electron chi connectivity index (χ3n) is 3.90. The van der Waals surface area contributed by atoms with Gasteiger partial charge >= 0.3 is 6.09 Å². The minimum Gasteiger partial charge on any atom is -0.493 e. The van der Waals surface area contributed by atoms with Crippen molar-refractivity contribution in [3.63, 3.8) is 0 Å². The molecule has 148 valence electrons. The van der Waals surface area contributed by atoms with Crippen LogP contribution in [-0.4, -0.2) is 37.5 Å². The maximum Gasteiger partial charge on any atom is 0.405 e. The number of hydrogen-bond acceptors (Lipinski definition) is 6. The lowest BCUT2D eigenvalue weighted by atomic mass is 9.94. The number of halogens is 1. The fourth-order valence-electron chi connectivity index (χ4n) is 2.68. The second-order valence-electron chi connectivity index (χ2n) is 5.92. The van der Waals surface area contributed by atoms with Crippen LogP contribution >= 0.6 is 11.6 Å². The summed E-state index contributed by atoms with van der Waals surface area (Å²) < 4.78 is 29.5. The highest BCUT2D eigenvalue weighted by Gasteiger charge is 2.25. The molecule has 0 aliphatic heterocycles. The Morgan fingerprint density at radius 3 is 2.64 bits per heavy atom. The lowest BCUT2D eigenvalue weighted by Gasteiger charge is -2.21. The maximum absolute atomic E-state index is 11.9. The molecule has 10 heteroatoms. The Morgan fingerprint density at radius 1 is 1.43 bits per heavy atom. The molecule has 0 bridgehead atoms. The average molecular weight is 424 g/mol. The van der Waals surface area contributed by atoms with Crippen LogP contribution in [-0.2, 0) is 9.84 Å². The molecule has 2 aromatic rings. The van der Waals surface area contributed by atoms with Gasteiger partial charge in [-0.25, -0.2) is 13.2 Å². The highest BCUT2D eigenvalue weighted by atomic mass is 35.5. The first-order chi connectivity index (χ1) is 13.1. The minimum atomic E-state index is -3.54. The van der Waals surface area contributed by atoms with Crippen molar-refractivity contribution < 1.29 is 23.1 Å². The van der Waals surface area contributed by atoms with Gasteiger partial charge in [0.25, 0.3) is 0 Å². The number of pyridine rings is 1. The third kappa shape index (κ3) is 4.52. The monoisotopic (exact) mass is 423 g/mol. The molecule has 28 heavy (non-hydrogen) atoms. The molecule has 1 amide bonds. The lowest BCUT2D eigenvalue weighted by Crippen LogP contribution is -2.25. The van der Waals surface area contributed by atoms with Gasteiger partial charge in [-0.15, -0.1) is 0 Å². The van der Waals surface area contributed by atoms with E-state index in [9.17, 15) is 18.5 Å². The van der Waals surface area contributed by atoms with E-state index in [-0.39, 0.29) is 33.4 Å². The van der Waals surface area contributed by atoms with Crippen LogP contribution in [0.2, 0.25) is 5.02 Å². The smallest absolute Gasteiger partial charge is 0.405 e. The molecule has 0 aliphatic carbocycles. The SMILES string of the molecule is CCOc1c(C(C)NC(=O)O)cc(Cl)c(C#N)c1-c1cncc(S(C)(=O)=O)c1. The second kappa shape index (κ2) is 8.46. The quantitative estimate of drug-likeness (QED) is 0.728. The number of benzene rings is 1. The van der Waals surface area contributed by atoms with Gasteiger partial charge in [0.15, 0.2) is 9.84 Å². The van der Waals surface area contributed by atoms with Crippen LogP contribution in [0.1, 0.15) is 31.0 Å². The summed E-state index contributed by atoms with van der Waals surface area (Å²) in [5.74, 6) is 0.233. The number of aromatic nitrogens is 1. The van der Waals surface area contributed by atoms with Crippen LogP contribution < -0.4 is 10.1 Å². The van der Waals surface area contributed by atoms with E-state index in [0.29, 0.717) is 11.1 Å². The zero-order valence-corrected chi connectivity index (χ0v) is 16.9. The number of carboxylic acid groups (broad SMARTS) is 1. The number of hydrogen-bond donors (Lipinski definition) is 2. The van der Waals surface area contributed by atoms with Crippen LogP contribution in [0.25, 0.3) is 11.1 Å². The van der Waals surface area contributed by atoms with Crippen molar-refractivity contribution in [2.75, 3.05) is 12.9 Å². The first-order valence-electron chi connectivity index (χ1n) is 8.14. The Hall–Kier alpha value is -2.83. The van der Waals surface area contributed by atoms with Crippen LogP contribution in [0.3, 0.4) is 0 Å². The number of nitrogens with one attached hydrogen (secondary N) is 1. The van der Waals surface area contributed by atoms with Gasteiger partial charge in [-0.1, -0.05) is 11.6 Å². The Labute approximate surface area is 167 Å². The van der Waals surface area contributed by atoms with Crippen molar-refractivity contribution in [2.45, 2.75) is 24.8 Å². The molecule has 1 aromatic carbocycles. The fraction of sp³-hybridized carbons (Fsp3) is 0.278. The molecule has 0 saturated carbocycles. The van der Waals surface area contributed by atoms with Crippen molar-refractivity contribution in [3.8, 4) is 22.9 Å². The van der Waals surface area contributed by atoms with E-state index in [2.05, 4.69) is 10.3 Å². The molecule has 2 rings (SSSR count). The summed E-state index contributed by atoms with van der Waals surface area (Å²) in [4.78, 5) is 15.0. The van der Waals surface area contributed by atoms with Gasteiger partial charge in [0.05, 0.1) is 28.1 Å². The third-order valence-corrected chi connectivity index (χ3v) is 5.27. The molecule has 0 fully saturated rings. The molecule has 0 spiro atoms. The summed E-state index contributed by atoms with van der Waals surface area (Å²) in [6.45, 7) is 3.56. The molecule has 0 saturated heterocycles. The highest BCUT2D eigenvalue weighted by Crippen LogP contribution is 2.42. The molecule has 2 N–H and O–H groups in total. The Morgan fingerprint density at radius 2 is 2.11 bits per heavy atom. The predicted molar refractivity (Wildman–Crippen MR) is 103 cm³/mol. The van der Waals surface area contributed by atoms with Crippen LogP contribution in [0.4, 0.5) is 4.79 Å². The fourth-order valence-corrected chi connectivity index (χ4v) is 3.53. The van der Waals surface area contributed by atoms with Crippen LogP contribution in [0.5, 0.6) is 5.75 Å². The number of nitriles is 1. The molecular weight excluding hydrogens is 406 g/mol. The van der Waals surface area contributed by atoms with E-state index in [1.54, 1.807) is 13.8 Å².